The zero-order valence-electron chi connectivity index (χ0n) is 88.8. The van der Waals surface area contributed by atoms with Crippen LogP contribution in [0.25, 0.3) is 75.4 Å². The first-order valence-electron chi connectivity index (χ1n) is 55.1. The molecule has 8 aliphatic rings. The smallest absolute Gasteiger partial charge is 0.162 e. The Labute approximate surface area is 898 Å². The van der Waals surface area contributed by atoms with E-state index in [4.69, 9.17) is 33.2 Å². The van der Waals surface area contributed by atoms with E-state index in [-0.39, 0.29) is 0 Å². The number of ether oxygens (including phenoxy) is 7. The van der Waals surface area contributed by atoms with Crippen molar-refractivity contribution >= 4 is 163 Å². The molecule has 0 aliphatic carbocycles. The molecular formula is C130H162O8S8+8. The molecule has 0 atom stereocenters. The van der Waals surface area contributed by atoms with E-state index in [1.54, 1.807) is 41.4 Å². The Bertz CT molecular complexity index is 6470. The van der Waals surface area contributed by atoms with Crippen molar-refractivity contribution in [3.05, 3.63) is 278 Å². The van der Waals surface area contributed by atoms with E-state index in [9.17, 15) is 5.11 Å². The van der Waals surface area contributed by atoms with Gasteiger partial charge in [0, 0.05) is 144 Å². The lowest BCUT2D eigenvalue weighted by Crippen LogP contribution is -2.05. The average Bonchev–Trinajstić information content (AvgIpc) is 1.43. The maximum Gasteiger partial charge on any atom is 0.162 e. The summed E-state index contributed by atoms with van der Waals surface area (Å²) in [7, 11) is 5.63. The predicted molar refractivity (Wildman–Crippen MR) is 648 cm³/mol. The normalized spacial score (nSPS) is 16.2. The summed E-state index contributed by atoms with van der Waals surface area (Å²) in [6.45, 7) is 21.5. The Hall–Kier alpha value is -8.68. The lowest BCUT2D eigenvalue weighted by Gasteiger charge is -2.11. The molecule has 0 amide bonds. The van der Waals surface area contributed by atoms with E-state index in [0.29, 0.717) is 92.9 Å². The maximum absolute atomic E-state index is 9.68. The van der Waals surface area contributed by atoms with Gasteiger partial charge in [0.15, 0.2) is 39.2 Å². The fraction of sp³-hybridized carbons (Fsp3) is 0.415. The van der Waals surface area contributed by atoms with Crippen molar-refractivity contribution in [2.75, 3.05) is 139 Å². The molecule has 8 saturated heterocycles. The minimum atomic E-state index is 0.464. The van der Waals surface area contributed by atoms with Gasteiger partial charge in [-0.25, -0.2) is 0 Å². The van der Waals surface area contributed by atoms with Crippen LogP contribution >= 0.6 is 0 Å². The van der Waals surface area contributed by atoms with Crippen LogP contribution in [0, 0.1) is 13.8 Å². The van der Waals surface area contributed by atoms with Gasteiger partial charge in [0.1, 0.15) is 138 Å². The number of phenolic OH excluding ortho intramolecular Hbond substituents is 1. The van der Waals surface area contributed by atoms with Crippen LogP contribution in [0.15, 0.2) is 306 Å². The van der Waals surface area contributed by atoms with Gasteiger partial charge in [0.05, 0.1) is 46.8 Å². The van der Waals surface area contributed by atoms with Crippen LogP contribution < -0.4 is 33.2 Å². The van der Waals surface area contributed by atoms with Gasteiger partial charge in [-0.1, -0.05) is 126 Å². The number of aryl methyl sites for hydroxylation is 2. The molecule has 0 unspecified atom stereocenters. The van der Waals surface area contributed by atoms with Crippen molar-refractivity contribution in [1.82, 2.24) is 0 Å². The molecule has 146 heavy (non-hydrogen) atoms. The first-order valence-corrected chi connectivity index (χ1v) is 67.6. The van der Waals surface area contributed by atoms with Crippen LogP contribution in [0.1, 0.15) is 200 Å². The number of aromatic hydroxyl groups is 1. The molecule has 8 fully saturated rings. The molecule has 0 aromatic heterocycles. The highest BCUT2D eigenvalue weighted by Gasteiger charge is 2.36. The lowest BCUT2D eigenvalue weighted by atomic mass is 10.1. The summed E-state index contributed by atoms with van der Waals surface area (Å²) < 4.78 is 40.0. The highest BCUT2D eigenvalue weighted by atomic mass is 32.2. The molecule has 0 spiro atoms. The van der Waals surface area contributed by atoms with E-state index in [0.717, 1.165) is 117 Å². The van der Waals surface area contributed by atoms with Gasteiger partial charge in [-0.2, -0.15) is 0 Å². The lowest BCUT2D eigenvalue weighted by molar-refractivity contribution is 0.309. The summed E-state index contributed by atoms with van der Waals surface area (Å²) >= 11 is 0. The molecule has 0 radical (unpaired) electrons. The summed E-state index contributed by atoms with van der Waals surface area (Å²) in [4.78, 5) is 12.3. The summed E-state index contributed by atoms with van der Waals surface area (Å²) in [5.74, 6) is 29.6. The van der Waals surface area contributed by atoms with Crippen LogP contribution in [-0.2, 0) is 87.2 Å². The van der Waals surface area contributed by atoms with E-state index >= 15 is 0 Å². The van der Waals surface area contributed by atoms with Gasteiger partial charge in [-0.05, 0) is 374 Å². The van der Waals surface area contributed by atoms with Crippen LogP contribution in [0.2, 0.25) is 0 Å². The summed E-state index contributed by atoms with van der Waals surface area (Å²) in [6.07, 6.45) is 30.4. The number of hydrogen-bond acceptors (Lipinski definition) is 8. The van der Waals surface area contributed by atoms with Crippen molar-refractivity contribution in [3.63, 3.8) is 0 Å². The number of benzene rings is 15. The first-order chi connectivity index (χ1) is 71.8. The fourth-order valence-corrected chi connectivity index (χ4v) is 39.8. The molecule has 0 bridgehead atoms. The van der Waals surface area contributed by atoms with E-state index in [1.807, 2.05) is 33.8 Å². The molecule has 0 saturated carbocycles. The van der Waals surface area contributed by atoms with Crippen molar-refractivity contribution in [3.8, 4) is 46.0 Å². The van der Waals surface area contributed by atoms with Crippen LogP contribution in [0.5, 0.6) is 46.0 Å². The molecule has 8 heterocycles. The summed E-state index contributed by atoms with van der Waals surface area (Å²) in [5, 5.41) is 28.3. The second-order valence-corrected chi connectivity index (χ2v) is 57.4. The third kappa shape index (κ3) is 30.6. The van der Waals surface area contributed by atoms with Crippen molar-refractivity contribution in [1.29, 1.82) is 0 Å². The third-order valence-corrected chi connectivity index (χ3v) is 48.6. The largest absolute Gasteiger partial charge is 0.507 e. The molecule has 8 aliphatic heterocycles. The summed E-state index contributed by atoms with van der Waals surface area (Å²) in [5.41, 5.74) is 2.05. The molecule has 8 nitrogen and oxygen atoms in total. The highest BCUT2D eigenvalue weighted by molar-refractivity contribution is 7.99. The SMILES string of the molecule is CCCCOc1ccc([S+]2CCCC2)c2ccccc12.CCCCOc1ccc2cc([S+]3CCCC3)ccc2c1.CCCCOc1ccc2cc([S+]3CCCC3)ccc2c1.CCCOc1ccc([S+]2CCCC2)c2ccccc12.CCOc1ccc([S+]2CCCC2)c2ccccc12.CCOc1ccc2cc([S+]3CCCC3)ccc2c1.COc1ccc2cc([S+]3CCCC3)ccc2c1.Cc1cc([S+]2CCCC2)cc(C)c1O. The van der Waals surface area contributed by atoms with Gasteiger partial charge >= 0.3 is 0 Å². The van der Waals surface area contributed by atoms with Gasteiger partial charge in [0.2, 0.25) is 0 Å². The molecule has 770 valence electrons. The van der Waals surface area contributed by atoms with Gasteiger partial charge < -0.3 is 38.3 Å². The molecule has 1 N–H and O–H groups in total. The molecule has 23 rings (SSSR count). The van der Waals surface area contributed by atoms with E-state index < -0.39 is 0 Å². The zero-order chi connectivity index (χ0) is 101. The van der Waals surface area contributed by atoms with Crippen LogP contribution in [0.4, 0.5) is 0 Å². The third-order valence-electron chi connectivity index (χ3n) is 28.6. The standard InChI is InChI=1S/3C18H23OS.C17H21OS.2C16H19OS.C15H17OS.C12H16OS/c2*1-2-3-10-19-17-8-6-16-14-18(9-7-15(16)13-17)20-11-4-5-12-20;1-2-3-12-19-17-10-11-18(20-13-6-7-14-20)16-9-5-4-8-15(16)17;1-2-11-18-16-9-10-17(19-12-5-6-13-19)15-8-4-3-7-14(15)16;1-2-17-15-7-5-14-12-16(8-6-13(14)11-15)18-9-3-4-10-18;1-2-17-15-9-10-16(18-11-5-6-12-18)14-8-4-3-7-13(14)15;1-16-14-6-4-13-11-15(7-5-12(13)10-14)17-8-2-3-9-17;1-9-7-11(8-10(2)12(9)13)14-5-3-4-6-14/h2*6-9,13-14H,2-5,10-12H2,1H3;4-5,8-11H,2-3,6-7,12-14H2,1H3;3-4,7-10H,2,5-6,11-13H2,1H3;5-8,11-12H,2-4,9-10H2,1H3;3-4,7-10H,2,5-6,11-12H2,1H3;4-7,10-11H,2-3,8-9H2,1H3;7-8H,3-6H2,1-2H3/q7*+1;/p+1. The number of phenols is 1. The zero-order valence-corrected chi connectivity index (χ0v) is 95.3. The topological polar surface area (TPSA) is 84.8 Å². The number of fused-ring (bicyclic) bond motifs is 7. The van der Waals surface area contributed by atoms with E-state index in [2.05, 4.69) is 289 Å². The van der Waals surface area contributed by atoms with Crippen molar-refractivity contribution in [2.24, 2.45) is 0 Å². The summed E-state index contributed by atoms with van der Waals surface area (Å²) in [6, 6.07) is 97.4. The molecular weight excluding hydrogens is 1950 g/mol. The van der Waals surface area contributed by atoms with Crippen LogP contribution in [0.3, 0.4) is 0 Å². The average molecular weight is 2110 g/mol. The monoisotopic (exact) mass is 2110 g/mol. The molecule has 16 heteroatoms. The quantitative estimate of drug-likeness (QED) is 0.0384. The number of rotatable bonds is 28. The van der Waals surface area contributed by atoms with Gasteiger partial charge in [-0.3, -0.25) is 0 Å². The Morgan fingerprint density at radius 1 is 0.219 bits per heavy atom. The number of unbranched alkanes of at least 4 members (excludes halogenated alkanes) is 3. The van der Waals surface area contributed by atoms with Crippen molar-refractivity contribution < 1.29 is 38.3 Å². The second kappa shape index (κ2) is 58.1. The Morgan fingerprint density at radius 3 is 0.760 bits per heavy atom. The number of methoxy groups -OCH3 is 1. The first kappa shape index (κ1) is 110. The fourth-order valence-electron chi connectivity index (χ4n) is 20.5. The van der Waals surface area contributed by atoms with Gasteiger partial charge in [0.25, 0.3) is 0 Å². The Balaban J connectivity index is 0.000000120. The van der Waals surface area contributed by atoms with Crippen molar-refractivity contribution in [2.45, 2.75) is 242 Å². The highest BCUT2D eigenvalue weighted by Crippen LogP contribution is 2.42. The Morgan fingerprint density at radius 2 is 0.466 bits per heavy atom. The van der Waals surface area contributed by atoms with E-state index in [1.165, 1.54) is 294 Å². The predicted octanol–water partition coefficient (Wildman–Crippen LogP) is 33.2. The molecule has 15 aromatic carbocycles. The Kier molecular flexibility index (Phi) is 43.8. The van der Waals surface area contributed by atoms with Gasteiger partial charge in [-0.15, -0.1) is 0 Å². The second-order valence-electron chi connectivity index (χ2n) is 39.3. The van der Waals surface area contributed by atoms with Crippen LogP contribution in [-0.4, -0.2) is 144 Å². The minimum absolute atomic E-state index is 0.464. The minimum Gasteiger partial charge on any atom is -0.507 e. The molecule has 15 aromatic rings. The maximum atomic E-state index is 9.68. The number of hydrogen-bond donors (Lipinski definition) is 1.